The molecule has 25 heavy (non-hydrogen) atoms. The predicted octanol–water partition coefficient (Wildman–Crippen LogP) is 4.28. The number of benzene rings is 2. The zero-order chi connectivity index (χ0) is 18.0. The van der Waals surface area contributed by atoms with Crippen molar-refractivity contribution in [1.29, 1.82) is 0 Å². The van der Waals surface area contributed by atoms with E-state index in [1.54, 1.807) is 0 Å². The van der Waals surface area contributed by atoms with Gasteiger partial charge in [0.2, 0.25) is 0 Å². The van der Waals surface area contributed by atoms with E-state index in [0.717, 1.165) is 13.1 Å². The van der Waals surface area contributed by atoms with Crippen LogP contribution in [0.15, 0.2) is 54.6 Å². The highest BCUT2D eigenvalue weighted by atomic mass is 16.4. The SMILES string of the molecule is CC(C)(C)c1ccccc1C1CN(Cc2ccccc2)CC1C(=O)O. The number of carboxylic acid groups (broad SMARTS) is 1. The van der Waals surface area contributed by atoms with Gasteiger partial charge in [-0.15, -0.1) is 0 Å². The van der Waals surface area contributed by atoms with Crippen molar-refractivity contribution in [2.24, 2.45) is 5.92 Å². The summed E-state index contributed by atoms with van der Waals surface area (Å²) in [4.78, 5) is 14.2. The Morgan fingerprint density at radius 3 is 2.32 bits per heavy atom. The predicted molar refractivity (Wildman–Crippen MR) is 101 cm³/mol. The van der Waals surface area contributed by atoms with Crippen LogP contribution in [-0.4, -0.2) is 29.1 Å². The molecule has 1 aliphatic rings. The first kappa shape index (κ1) is 17.7. The molecule has 1 N–H and O–H groups in total. The van der Waals surface area contributed by atoms with Crippen LogP contribution in [0.3, 0.4) is 0 Å². The van der Waals surface area contributed by atoms with E-state index in [1.165, 1.54) is 16.7 Å². The monoisotopic (exact) mass is 337 g/mol. The molecule has 2 unspecified atom stereocenters. The summed E-state index contributed by atoms with van der Waals surface area (Å²) in [6.45, 7) is 8.78. The molecule has 2 aromatic carbocycles. The third-order valence-corrected chi connectivity index (χ3v) is 5.13. The molecule has 0 saturated carbocycles. The first-order chi connectivity index (χ1) is 11.9. The van der Waals surface area contributed by atoms with E-state index in [9.17, 15) is 9.90 Å². The number of rotatable bonds is 4. The van der Waals surface area contributed by atoms with Gasteiger partial charge < -0.3 is 5.11 Å². The van der Waals surface area contributed by atoms with Gasteiger partial charge in [-0.3, -0.25) is 9.69 Å². The first-order valence-electron chi connectivity index (χ1n) is 8.95. The number of hydrogen-bond donors (Lipinski definition) is 1. The summed E-state index contributed by atoms with van der Waals surface area (Å²) in [7, 11) is 0. The zero-order valence-electron chi connectivity index (χ0n) is 15.3. The molecule has 2 aromatic rings. The van der Waals surface area contributed by atoms with Crippen LogP contribution >= 0.6 is 0 Å². The van der Waals surface area contributed by atoms with Gasteiger partial charge in [-0.2, -0.15) is 0 Å². The van der Waals surface area contributed by atoms with Gasteiger partial charge >= 0.3 is 5.97 Å². The minimum atomic E-state index is -0.690. The molecule has 0 aliphatic carbocycles. The second-order valence-corrected chi connectivity index (χ2v) is 8.07. The molecule has 1 saturated heterocycles. The highest BCUT2D eigenvalue weighted by Gasteiger charge is 2.40. The van der Waals surface area contributed by atoms with Gasteiger partial charge in [-0.1, -0.05) is 75.4 Å². The Morgan fingerprint density at radius 1 is 1.04 bits per heavy atom. The lowest BCUT2D eigenvalue weighted by Gasteiger charge is -2.27. The van der Waals surface area contributed by atoms with Crippen LogP contribution in [0.5, 0.6) is 0 Å². The minimum absolute atomic E-state index is 0.00645. The maximum Gasteiger partial charge on any atom is 0.308 e. The first-order valence-corrected chi connectivity index (χ1v) is 8.95. The molecule has 0 bridgehead atoms. The Labute approximate surface area is 150 Å². The molecule has 3 nitrogen and oxygen atoms in total. The maximum atomic E-state index is 11.9. The van der Waals surface area contributed by atoms with E-state index in [2.05, 4.69) is 56.0 Å². The molecule has 0 radical (unpaired) electrons. The Hall–Kier alpha value is -2.13. The highest BCUT2D eigenvalue weighted by molar-refractivity contribution is 5.72. The summed E-state index contributed by atoms with van der Waals surface area (Å²) in [5.41, 5.74) is 3.69. The van der Waals surface area contributed by atoms with Gasteiger partial charge in [0.15, 0.2) is 0 Å². The van der Waals surface area contributed by atoms with Gasteiger partial charge in [0, 0.05) is 25.6 Å². The van der Waals surface area contributed by atoms with E-state index in [4.69, 9.17) is 0 Å². The van der Waals surface area contributed by atoms with E-state index >= 15 is 0 Å². The fraction of sp³-hybridized carbons (Fsp3) is 0.409. The molecule has 1 heterocycles. The lowest BCUT2D eigenvalue weighted by atomic mass is 9.77. The lowest BCUT2D eigenvalue weighted by Crippen LogP contribution is -2.24. The van der Waals surface area contributed by atoms with Crippen molar-refractivity contribution in [2.45, 2.75) is 38.6 Å². The van der Waals surface area contributed by atoms with Crippen molar-refractivity contribution >= 4 is 5.97 Å². The topological polar surface area (TPSA) is 40.5 Å². The number of hydrogen-bond acceptors (Lipinski definition) is 2. The summed E-state index contributed by atoms with van der Waals surface area (Å²) in [5.74, 6) is -1.01. The zero-order valence-corrected chi connectivity index (χ0v) is 15.3. The van der Waals surface area contributed by atoms with Crippen molar-refractivity contribution in [3.05, 3.63) is 71.3 Å². The van der Waals surface area contributed by atoms with Crippen LogP contribution in [0, 0.1) is 5.92 Å². The van der Waals surface area contributed by atoms with Crippen molar-refractivity contribution < 1.29 is 9.90 Å². The third kappa shape index (κ3) is 3.93. The van der Waals surface area contributed by atoms with Crippen LogP contribution in [0.2, 0.25) is 0 Å². The second-order valence-electron chi connectivity index (χ2n) is 8.07. The second kappa shape index (κ2) is 7.01. The number of aliphatic carboxylic acids is 1. The number of carboxylic acids is 1. The quantitative estimate of drug-likeness (QED) is 0.905. The molecular weight excluding hydrogens is 310 g/mol. The molecule has 3 heteroatoms. The average molecular weight is 337 g/mol. The number of carbonyl (C=O) groups is 1. The Kier molecular flexibility index (Phi) is 4.96. The van der Waals surface area contributed by atoms with Crippen molar-refractivity contribution in [1.82, 2.24) is 4.90 Å². The normalized spacial score (nSPS) is 21.4. The largest absolute Gasteiger partial charge is 0.481 e. The summed E-state index contributed by atoms with van der Waals surface area (Å²) in [6, 6.07) is 18.6. The molecule has 0 spiro atoms. The maximum absolute atomic E-state index is 11.9. The minimum Gasteiger partial charge on any atom is -0.481 e. The van der Waals surface area contributed by atoms with Crippen molar-refractivity contribution in [3.63, 3.8) is 0 Å². The Morgan fingerprint density at radius 2 is 1.68 bits per heavy atom. The fourth-order valence-corrected chi connectivity index (χ4v) is 3.92. The molecule has 1 fully saturated rings. The van der Waals surface area contributed by atoms with Gasteiger partial charge in [-0.05, 0) is 22.1 Å². The van der Waals surface area contributed by atoms with Gasteiger partial charge in [-0.25, -0.2) is 0 Å². The van der Waals surface area contributed by atoms with Gasteiger partial charge in [0.25, 0.3) is 0 Å². The average Bonchev–Trinajstić information content (AvgIpc) is 2.99. The van der Waals surface area contributed by atoms with E-state index < -0.39 is 5.97 Å². The molecular formula is C22H27NO2. The molecule has 1 aliphatic heterocycles. The van der Waals surface area contributed by atoms with Crippen LogP contribution in [-0.2, 0) is 16.8 Å². The van der Waals surface area contributed by atoms with Crippen molar-refractivity contribution in [3.8, 4) is 0 Å². The summed E-state index contributed by atoms with van der Waals surface area (Å²) >= 11 is 0. The summed E-state index contributed by atoms with van der Waals surface area (Å²) < 4.78 is 0. The van der Waals surface area contributed by atoms with E-state index in [1.807, 2.05) is 24.3 Å². The summed E-state index contributed by atoms with van der Waals surface area (Å²) in [5, 5.41) is 9.80. The Bertz CT molecular complexity index is 733. The standard InChI is InChI=1S/C22H27NO2/c1-22(2,3)20-12-8-7-11-17(20)18-14-23(15-19(18)21(24)25)13-16-9-5-4-6-10-16/h4-12,18-19H,13-15H2,1-3H3,(H,24,25). The molecule has 3 rings (SSSR count). The highest BCUT2D eigenvalue weighted by Crippen LogP contribution is 2.39. The number of nitrogens with zero attached hydrogens (tertiary/aromatic N) is 1. The Balaban J connectivity index is 1.89. The molecule has 0 amide bonds. The third-order valence-electron chi connectivity index (χ3n) is 5.13. The lowest BCUT2D eigenvalue weighted by molar-refractivity contribution is -0.141. The van der Waals surface area contributed by atoms with Crippen LogP contribution in [0.25, 0.3) is 0 Å². The van der Waals surface area contributed by atoms with Crippen LogP contribution in [0.4, 0.5) is 0 Å². The van der Waals surface area contributed by atoms with Gasteiger partial charge in [0.1, 0.15) is 0 Å². The number of likely N-dealkylation sites (tertiary alicyclic amines) is 1. The van der Waals surface area contributed by atoms with Crippen LogP contribution in [0.1, 0.15) is 43.4 Å². The molecule has 132 valence electrons. The smallest absolute Gasteiger partial charge is 0.308 e. The van der Waals surface area contributed by atoms with E-state index in [0.29, 0.717) is 6.54 Å². The van der Waals surface area contributed by atoms with Crippen LogP contribution < -0.4 is 0 Å². The van der Waals surface area contributed by atoms with Gasteiger partial charge in [0.05, 0.1) is 5.92 Å². The molecule has 2 atom stereocenters. The van der Waals surface area contributed by atoms with Crippen molar-refractivity contribution in [2.75, 3.05) is 13.1 Å². The fourth-order valence-electron chi connectivity index (χ4n) is 3.92. The van der Waals surface area contributed by atoms with E-state index in [-0.39, 0.29) is 17.3 Å². The summed E-state index contributed by atoms with van der Waals surface area (Å²) in [6.07, 6.45) is 0. The molecule has 0 aromatic heterocycles.